The highest BCUT2D eigenvalue weighted by molar-refractivity contribution is 14.0. The number of imidazole rings is 1. The van der Waals surface area contributed by atoms with Crippen molar-refractivity contribution in [2.24, 2.45) is 4.99 Å². The Morgan fingerprint density at radius 1 is 1.03 bits per heavy atom. The second-order valence-corrected chi connectivity index (χ2v) is 8.16. The summed E-state index contributed by atoms with van der Waals surface area (Å²) in [6.07, 6.45) is 5.60. The van der Waals surface area contributed by atoms with Gasteiger partial charge >= 0.3 is 0 Å². The molecule has 0 bridgehead atoms. The molecule has 0 saturated heterocycles. The van der Waals surface area contributed by atoms with Crippen molar-refractivity contribution in [3.8, 4) is 5.75 Å². The van der Waals surface area contributed by atoms with Crippen molar-refractivity contribution in [3.63, 3.8) is 0 Å². The molecule has 0 aliphatic carbocycles. The van der Waals surface area contributed by atoms with E-state index in [2.05, 4.69) is 76.3 Å². The van der Waals surface area contributed by atoms with Gasteiger partial charge in [0.25, 0.3) is 0 Å². The average Bonchev–Trinajstić information content (AvgIpc) is 3.21. The van der Waals surface area contributed by atoms with Crippen LogP contribution in [0.2, 0.25) is 0 Å². The van der Waals surface area contributed by atoms with Gasteiger partial charge in [-0.3, -0.25) is 4.99 Å². The highest BCUT2D eigenvalue weighted by atomic mass is 127. The molecule has 3 aromatic rings. The number of guanidine groups is 1. The van der Waals surface area contributed by atoms with E-state index in [1.807, 2.05) is 30.7 Å². The number of nitrogens with one attached hydrogen (secondary N) is 2. The Balaban J connectivity index is 0.00000341. The number of hydrogen-bond donors (Lipinski definition) is 2. The van der Waals surface area contributed by atoms with Crippen molar-refractivity contribution in [3.05, 3.63) is 83.9 Å². The van der Waals surface area contributed by atoms with Gasteiger partial charge in [-0.05, 0) is 38.0 Å². The number of nitrogens with zero attached hydrogens (tertiary/aromatic N) is 3. The molecule has 0 amide bonds. The lowest BCUT2D eigenvalue weighted by molar-refractivity contribution is 0.129. The van der Waals surface area contributed by atoms with Gasteiger partial charge in [-0.2, -0.15) is 0 Å². The summed E-state index contributed by atoms with van der Waals surface area (Å²) in [5.41, 5.74) is 3.30. The topological polar surface area (TPSA) is 63.5 Å². The Morgan fingerprint density at radius 3 is 2.48 bits per heavy atom. The Kier molecular flexibility index (Phi) is 9.36. The van der Waals surface area contributed by atoms with Crippen molar-refractivity contribution >= 4 is 29.9 Å². The number of hydrogen-bond acceptors (Lipinski definition) is 3. The van der Waals surface area contributed by atoms with E-state index in [1.54, 1.807) is 13.2 Å². The van der Waals surface area contributed by atoms with Crippen LogP contribution in [0.3, 0.4) is 0 Å². The molecule has 0 unspecified atom stereocenters. The number of para-hydroxylation sites is 1. The summed E-state index contributed by atoms with van der Waals surface area (Å²) in [5.74, 6) is 1.64. The van der Waals surface area contributed by atoms with Gasteiger partial charge < -0.3 is 19.9 Å². The standard InChI is InChI=1S/C24H31N5O.HI/c1-24(2,3)30-22-11-6-5-10-21(22)16-28-23(25-4)27-15-19-8-7-9-20(14-19)17-29-13-12-26-18-29;/h5-14,18H,15-17H2,1-4H3,(H2,25,27,28);1H. The summed E-state index contributed by atoms with van der Waals surface area (Å²) in [7, 11) is 1.78. The lowest BCUT2D eigenvalue weighted by atomic mass is 10.1. The van der Waals surface area contributed by atoms with Crippen molar-refractivity contribution in [1.29, 1.82) is 0 Å². The number of rotatable bonds is 7. The summed E-state index contributed by atoms with van der Waals surface area (Å²) in [4.78, 5) is 8.45. The molecule has 1 heterocycles. The highest BCUT2D eigenvalue weighted by Crippen LogP contribution is 2.22. The minimum atomic E-state index is -0.238. The Labute approximate surface area is 202 Å². The molecular weight excluding hydrogens is 501 g/mol. The fourth-order valence-electron chi connectivity index (χ4n) is 3.09. The minimum Gasteiger partial charge on any atom is -0.488 e. The van der Waals surface area contributed by atoms with Crippen molar-refractivity contribution in [2.45, 2.75) is 46.0 Å². The van der Waals surface area contributed by atoms with E-state index < -0.39 is 0 Å². The molecule has 0 aliphatic rings. The Hall–Kier alpha value is -2.55. The van der Waals surface area contributed by atoms with E-state index in [-0.39, 0.29) is 29.6 Å². The van der Waals surface area contributed by atoms with E-state index in [9.17, 15) is 0 Å². The SMILES string of the molecule is CN=C(NCc1cccc(Cn2ccnc2)c1)NCc1ccccc1OC(C)(C)C.I. The number of aromatic nitrogens is 2. The molecule has 0 aliphatic heterocycles. The monoisotopic (exact) mass is 533 g/mol. The molecule has 7 heteroatoms. The molecule has 2 N–H and O–H groups in total. The third kappa shape index (κ3) is 8.24. The molecule has 0 fully saturated rings. The van der Waals surface area contributed by atoms with E-state index in [1.165, 1.54) is 11.1 Å². The van der Waals surface area contributed by atoms with Crippen LogP contribution in [0, 0.1) is 0 Å². The summed E-state index contributed by atoms with van der Waals surface area (Å²) >= 11 is 0. The van der Waals surface area contributed by atoms with E-state index in [0.29, 0.717) is 13.1 Å². The van der Waals surface area contributed by atoms with E-state index in [0.717, 1.165) is 23.8 Å². The maximum absolute atomic E-state index is 6.08. The summed E-state index contributed by atoms with van der Waals surface area (Å²) in [6.45, 7) is 8.30. The zero-order valence-corrected chi connectivity index (χ0v) is 21.0. The summed E-state index contributed by atoms with van der Waals surface area (Å²) in [5, 5.41) is 6.77. The third-order valence-corrected chi connectivity index (χ3v) is 4.43. The number of ether oxygens (including phenoxy) is 1. The zero-order valence-electron chi connectivity index (χ0n) is 18.6. The molecule has 6 nitrogen and oxygen atoms in total. The molecule has 1 aromatic heterocycles. The molecule has 2 aromatic carbocycles. The lowest BCUT2D eigenvalue weighted by Crippen LogP contribution is -2.36. The van der Waals surface area contributed by atoms with Gasteiger partial charge in [0.2, 0.25) is 0 Å². The van der Waals surface area contributed by atoms with Gasteiger partial charge in [0, 0.05) is 44.6 Å². The van der Waals surface area contributed by atoms with Crippen LogP contribution in [-0.2, 0) is 19.6 Å². The van der Waals surface area contributed by atoms with Crippen LogP contribution in [0.1, 0.15) is 37.5 Å². The first-order valence-corrected chi connectivity index (χ1v) is 10.2. The first kappa shape index (κ1) is 24.7. The maximum Gasteiger partial charge on any atom is 0.191 e. The van der Waals surface area contributed by atoms with Crippen LogP contribution in [0.4, 0.5) is 0 Å². The second-order valence-electron chi connectivity index (χ2n) is 8.16. The summed E-state index contributed by atoms with van der Waals surface area (Å²) in [6, 6.07) is 16.6. The molecule has 0 atom stereocenters. The molecule has 0 spiro atoms. The fourth-order valence-corrected chi connectivity index (χ4v) is 3.09. The third-order valence-electron chi connectivity index (χ3n) is 4.43. The van der Waals surface area contributed by atoms with E-state index >= 15 is 0 Å². The molecule has 0 radical (unpaired) electrons. The van der Waals surface area contributed by atoms with Gasteiger partial charge in [-0.1, -0.05) is 42.5 Å². The predicted octanol–water partition coefficient (Wildman–Crippen LogP) is 4.59. The smallest absolute Gasteiger partial charge is 0.191 e. The highest BCUT2D eigenvalue weighted by Gasteiger charge is 2.14. The lowest BCUT2D eigenvalue weighted by Gasteiger charge is -2.23. The van der Waals surface area contributed by atoms with Crippen LogP contribution < -0.4 is 15.4 Å². The van der Waals surface area contributed by atoms with Crippen LogP contribution in [0.5, 0.6) is 5.75 Å². The molecule has 31 heavy (non-hydrogen) atoms. The summed E-state index contributed by atoms with van der Waals surface area (Å²) < 4.78 is 8.14. The Morgan fingerprint density at radius 2 is 1.77 bits per heavy atom. The van der Waals surface area contributed by atoms with Gasteiger partial charge in [0.1, 0.15) is 11.4 Å². The van der Waals surface area contributed by atoms with Crippen LogP contribution in [-0.4, -0.2) is 28.2 Å². The van der Waals surface area contributed by atoms with Crippen molar-refractivity contribution in [2.75, 3.05) is 7.05 Å². The molecule has 3 rings (SSSR count). The molecule has 166 valence electrons. The van der Waals surface area contributed by atoms with E-state index in [4.69, 9.17) is 4.74 Å². The average molecular weight is 533 g/mol. The van der Waals surface area contributed by atoms with Gasteiger partial charge in [-0.25, -0.2) is 4.98 Å². The van der Waals surface area contributed by atoms with Gasteiger partial charge in [0.05, 0.1) is 6.33 Å². The zero-order chi connectivity index (χ0) is 21.4. The minimum absolute atomic E-state index is 0. The van der Waals surface area contributed by atoms with Crippen LogP contribution in [0.15, 0.2) is 72.2 Å². The first-order valence-electron chi connectivity index (χ1n) is 10.2. The van der Waals surface area contributed by atoms with Gasteiger partial charge in [0.15, 0.2) is 5.96 Å². The first-order chi connectivity index (χ1) is 14.4. The van der Waals surface area contributed by atoms with Crippen LogP contribution >= 0.6 is 24.0 Å². The number of halogens is 1. The predicted molar refractivity (Wildman–Crippen MR) is 137 cm³/mol. The largest absolute Gasteiger partial charge is 0.488 e. The van der Waals surface area contributed by atoms with Gasteiger partial charge in [-0.15, -0.1) is 24.0 Å². The quantitative estimate of drug-likeness (QED) is 0.265. The second kappa shape index (κ2) is 11.7. The Bertz CT molecular complexity index is 964. The number of benzene rings is 2. The molecule has 0 saturated carbocycles. The van der Waals surface area contributed by atoms with Crippen LogP contribution in [0.25, 0.3) is 0 Å². The number of aliphatic imine (C=N–C) groups is 1. The fraction of sp³-hybridized carbons (Fsp3) is 0.333. The maximum atomic E-state index is 6.08. The van der Waals surface area contributed by atoms with Crippen molar-refractivity contribution < 1.29 is 4.74 Å². The normalized spacial score (nSPS) is 11.5. The molecular formula is C24H32IN5O. The van der Waals surface area contributed by atoms with Crippen molar-refractivity contribution in [1.82, 2.24) is 20.2 Å².